The number of hydrogen-bond acceptors (Lipinski definition) is 5. The second-order valence-electron chi connectivity index (χ2n) is 5.00. The number of hydrogen-bond donors (Lipinski definition) is 2. The molecule has 3 heterocycles. The first-order valence-corrected chi connectivity index (χ1v) is 7.43. The van der Waals surface area contributed by atoms with Gasteiger partial charge in [-0.2, -0.15) is 0 Å². The molecule has 2 aromatic heterocycles. The second kappa shape index (κ2) is 5.78. The molecule has 3 rings (SSSR count). The van der Waals surface area contributed by atoms with E-state index in [2.05, 4.69) is 20.9 Å². The topological polar surface area (TPSA) is 111 Å². The van der Waals surface area contributed by atoms with Crippen molar-refractivity contribution in [2.45, 2.75) is 6.10 Å². The van der Waals surface area contributed by atoms with Crippen LogP contribution in [-0.2, 0) is 4.74 Å². The monoisotopic (exact) mass is 386 g/mol. The number of amides is 1. The molecule has 0 spiro atoms. The molecule has 0 aliphatic carbocycles. The Balaban J connectivity index is 1.99. The summed E-state index contributed by atoms with van der Waals surface area (Å²) < 4.78 is 20.7. The Kier molecular flexibility index (Phi) is 3.94. The lowest BCUT2D eigenvalue weighted by Gasteiger charge is -2.30. The Hall–Kier alpha value is -2.20. The number of morpholine rings is 1. The van der Waals surface area contributed by atoms with Gasteiger partial charge in [-0.25, -0.2) is 14.2 Å². The van der Waals surface area contributed by atoms with E-state index in [0.717, 1.165) is 9.47 Å². The summed E-state index contributed by atoms with van der Waals surface area (Å²) in [6, 6.07) is 0. The predicted molar refractivity (Wildman–Crippen MR) is 81.8 cm³/mol. The van der Waals surface area contributed by atoms with E-state index < -0.39 is 23.9 Å². The number of aromatic nitrogens is 2. The molecular formula is C13H12BrFN4O4. The maximum Gasteiger partial charge on any atom is 0.407 e. The molecule has 0 aromatic carbocycles. The minimum atomic E-state index is -1.13. The Morgan fingerprint density at radius 1 is 1.52 bits per heavy atom. The van der Waals surface area contributed by atoms with E-state index in [1.165, 1.54) is 12.4 Å². The van der Waals surface area contributed by atoms with Crippen molar-refractivity contribution in [1.29, 1.82) is 0 Å². The van der Waals surface area contributed by atoms with Crippen LogP contribution < -0.4 is 5.73 Å². The van der Waals surface area contributed by atoms with E-state index in [1.807, 2.05) is 0 Å². The molecular weight excluding hydrogens is 375 g/mol. The first-order valence-electron chi connectivity index (χ1n) is 6.64. The molecule has 3 N–H and O–H groups in total. The summed E-state index contributed by atoms with van der Waals surface area (Å²) in [4.78, 5) is 28.7. The number of rotatable bonds is 1. The highest BCUT2D eigenvalue weighted by Crippen LogP contribution is 2.29. The maximum atomic E-state index is 14.1. The van der Waals surface area contributed by atoms with Gasteiger partial charge < -0.3 is 20.5 Å². The van der Waals surface area contributed by atoms with Crippen LogP contribution in [0.1, 0.15) is 4.79 Å². The minimum absolute atomic E-state index is 0.0265. The Morgan fingerprint density at radius 3 is 2.96 bits per heavy atom. The second-order valence-corrected chi connectivity index (χ2v) is 5.85. The van der Waals surface area contributed by atoms with Gasteiger partial charge >= 0.3 is 6.09 Å². The molecule has 1 amide bonds. The zero-order valence-electron chi connectivity index (χ0n) is 11.7. The molecule has 8 nitrogen and oxygen atoms in total. The first kappa shape index (κ1) is 15.7. The molecule has 10 heteroatoms. The third kappa shape index (κ3) is 2.63. The van der Waals surface area contributed by atoms with Crippen LogP contribution in [0.5, 0.6) is 0 Å². The Morgan fingerprint density at radius 2 is 2.26 bits per heavy atom. The van der Waals surface area contributed by atoms with E-state index in [-0.39, 0.29) is 40.9 Å². The van der Waals surface area contributed by atoms with E-state index in [1.54, 1.807) is 0 Å². The third-order valence-corrected chi connectivity index (χ3v) is 4.14. The third-order valence-electron chi connectivity index (χ3n) is 3.59. The molecule has 1 unspecified atom stereocenters. The average molecular weight is 387 g/mol. The smallest absolute Gasteiger partial charge is 0.407 e. The zero-order valence-corrected chi connectivity index (χ0v) is 13.3. The highest BCUT2D eigenvalue weighted by Gasteiger charge is 2.31. The summed E-state index contributed by atoms with van der Waals surface area (Å²) >= 11 is 3.01. The van der Waals surface area contributed by atoms with Crippen LogP contribution in [0.25, 0.3) is 11.0 Å². The summed E-state index contributed by atoms with van der Waals surface area (Å²) in [5.41, 5.74) is 5.89. The van der Waals surface area contributed by atoms with Gasteiger partial charge in [0.15, 0.2) is 17.6 Å². The van der Waals surface area contributed by atoms with Gasteiger partial charge in [0, 0.05) is 18.9 Å². The van der Waals surface area contributed by atoms with Crippen molar-refractivity contribution in [3.8, 4) is 0 Å². The normalized spacial score (nSPS) is 18.3. The molecule has 0 bridgehead atoms. The van der Waals surface area contributed by atoms with Crippen LogP contribution in [0.2, 0.25) is 0 Å². The zero-order chi connectivity index (χ0) is 16.7. The quantitative estimate of drug-likeness (QED) is 0.768. The number of nitrogens with two attached hydrogens (primary N) is 1. The molecule has 0 radical (unpaired) electrons. The number of halogens is 2. The molecule has 1 atom stereocenters. The predicted octanol–water partition coefficient (Wildman–Crippen LogP) is 1.54. The van der Waals surface area contributed by atoms with E-state index >= 15 is 0 Å². The van der Waals surface area contributed by atoms with Gasteiger partial charge in [-0.05, 0) is 15.9 Å². The molecule has 1 saturated heterocycles. The number of carbonyl (C=O) groups is 2. The van der Waals surface area contributed by atoms with Crippen molar-refractivity contribution >= 4 is 44.7 Å². The fourth-order valence-corrected chi connectivity index (χ4v) is 2.76. The van der Waals surface area contributed by atoms with Gasteiger partial charge in [-0.1, -0.05) is 0 Å². The highest BCUT2D eigenvalue weighted by atomic mass is 79.9. The van der Waals surface area contributed by atoms with Gasteiger partial charge in [0.05, 0.1) is 28.7 Å². The van der Waals surface area contributed by atoms with Gasteiger partial charge in [0.2, 0.25) is 0 Å². The first-order chi connectivity index (χ1) is 10.9. The molecule has 122 valence electrons. The van der Waals surface area contributed by atoms with Gasteiger partial charge in [-0.15, -0.1) is 0 Å². The highest BCUT2D eigenvalue weighted by molar-refractivity contribution is 9.10. The van der Waals surface area contributed by atoms with E-state index in [9.17, 15) is 14.0 Å². The van der Waals surface area contributed by atoms with Gasteiger partial charge in [0.1, 0.15) is 0 Å². The molecule has 1 aliphatic heterocycles. The number of fused-ring (bicyclic) bond motifs is 1. The molecule has 1 fully saturated rings. The molecule has 23 heavy (non-hydrogen) atoms. The lowest BCUT2D eigenvalue weighted by Crippen LogP contribution is -2.49. The molecule has 0 saturated carbocycles. The van der Waals surface area contributed by atoms with Crippen molar-refractivity contribution in [3.63, 3.8) is 0 Å². The number of carboxylic acid groups (broad SMARTS) is 1. The number of pyridine rings is 1. The van der Waals surface area contributed by atoms with Crippen molar-refractivity contribution in [3.05, 3.63) is 22.7 Å². The van der Waals surface area contributed by atoms with Crippen LogP contribution in [0.4, 0.5) is 14.9 Å². The van der Waals surface area contributed by atoms with Crippen LogP contribution >= 0.6 is 15.9 Å². The summed E-state index contributed by atoms with van der Waals surface area (Å²) in [6.45, 7) is 0.186. The number of nitrogens with zero attached hydrogens (tertiary/aromatic N) is 3. The number of carbonyl (C=O) groups excluding carboxylic acids is 1. The van der Waals surface area contributed by atoms with Crippen molar-refractivity contribution < 1.29 is 23.8 Å². The summed E-state index contributed by atoms with van der Waals surface area (Å²) in [6.07, 6.45) is 0.365. The molecule has 2 aromatic rings. The Bertz CT molecular complexity index is 809. The summed E-state index contributed by atoms with van der Waals surface area (Å²) in [7, 11) is 0. The number of nitrogen functional groups attached to an aromatic ring is 1. The summed E-state index contributed by atoms with van der Waals surface area (Å²) in [5, 5.41) is 9.04. The number of anilines is 1. The maximum absolute atomic E-state index is 14.1. The van der Waals surface area contributed by atoms with Crippen molar-refractivity contribution in [2.75, 3.05) is 25.4 Å². The molecule has 1 aliphatic rings. The lowest BCUT2D eigenvalue weighted by molar-refractivity contribution is -0.0154. The van der Waals surface area contributed by atoms with Crippen LogP contribution in [0.3, 0.4) is 0 Å². The van der Waals surface area contributed by atoms with Gasteiger partial charge in [0.25, 0.3) is 5.91 Å². The SMILES string of the molecule is Nc1cn(C(=O)C2CN(C(=O)O)CCO2)c2ncc(Br)c(F)c12. The van der Waals surface area contributed by atoms with E-state index in [0.29, 0.717) is 0 Å². The van der Waals surface area contributed by atoms with Crippen molar-refractivity contribution in [2.24, 2.45) is 0 Å². The fraction of sp³-hybridized carbons (Fsp3) is 0.308. The van der Waals surface area contributed by atoms with Crippen molar-refractivity contribution in [1.82, 2.24) is 14.5 Å². The fourth-order valence-electron chi connectivity index (χ4n) is 2.46. The standard InChI is InChI=1S/C13H12BrFN4O4/c14-6-3-17-11-9(10(6)15)7(16)4-19(11)12(20)8-5-18(13(21)22)1-2-23-8/h3-4,8H,1-2,5,16H2,(H,21,22). The van der Waals surface area contributed by atoms with Crippen LogP contribution in [0, 0.1) is 5.82 Å². The average Bonchev–Trinajstić information content (AvgIpc) is 2.87. The number of ether oxygens (including phenoxy) is 1. The largest absolute Gasteiger partial charge is 0.465 e. The van der Waals surface area contributed by atoms with E-state index in [4.69, 9.17) is 15.6 Å². The summed E-state index contributed by atoms with van der Waals surface area (Å²) in [5.74, 6) is -1.16. The van der Waals surface area contributed by atoms with Gasteiger partial charge in [-0.3, -0.25) is 9.36 Å². The minimum Gasteiger partial charge on any atom is -0.465 e. The Labute approximate surface area is 137 Å². The lowest BCUT2D eigenvalue weighted by atomic mass is 10.2. The van der Waals surface area contributed by atoms with Crippen LogP contribution in [-0.4, -0.2) is 57.4 Å². The van der Waals surface area contributed by atoms with Crippen LogP contribution in [0.15, 0.2) is 16.9 Å².